The quantitative estimate of drug-likeness (QED) is 0.621. The Hall–Kier alpha value is -2.60. The van der Waals surface area contributed by atoms with Crippen molar-refractivity contribution in [3.63, 3.8) is 0 Å². The van der Waals surface area contributed by atoms with E-state index in [1.165, 1.54) is 12.1 Å². The second-order valence-corrected chi connectivity index (χ2v) is 4.67. The Bertz CT molecular complexity index is 664. The molecule has 3 heteroatoms. The lowest BCUT2D eigenvalue weighted by molar-refractivity contribution is 0.627. The van der Waals surface area contributed by atoms with Gasteiger partial charge in [0.05, 0.1) is 11.6 Å². The molecule has 0 bridgehead atoms. The normalized spacial score (nSPS) is 11.0. The van der Waals surface area contributed by atoms with Crippen LogP contribution in [-0.2, 0) is 0 Å². The highest BCUT2D eigenvalue weighted by molar-refractivity contribution is 5.89. The molecule has 0 amide bonds. The number of halogens is 1. The van der Waals surface area contributed by atoms with Crippen molar-refractivity contribution in [2.45, 2.75) is 0 Å². The lowest BCUT2D eigenvalue weighted by atomic mass is 10.0. The molecule has 0 aliphatic carbocycles. The van der Waals surface area contributed by atoms with E-state index in [0.717, 1.165) is 11.3 Å². The molecule has 0 spiro atoms. The van der Waals surface area contributed by atoms with Crippen LogP contribution in [0.1, 0.15) is 11.1 Å². The van der Waals surface area contributed by atoms with Crippen LogP contribution in [0.15, 0.2) is 48.5 Å². The largest absolute Gasteiger partial charge is 0.378 e. The van der Waals surface area contributed by atoms with E-state index >= 15 is 0 Å². The Balaban J connectivity index is 2.34. The summed E-state index contributed by atoms with van der Waals surface area (Å²) >= 11 is 0. The first-order valence-corrected chi connectivity index (χ1v) is 6.25. The first kappa shape index (κ1) is 13.8. The van der Waals surface area contributed by atoms with Gasteiger partial charge in [0.25, 0.3) is 0 Å². The molecular formula is C17H15FN2. The predicted octanol–water partition coefficient (Wildman–Crippen LogP) is 3.96. The van der Waals surface area contributed by atoms with Gasteiger partial charge in [-0.15, -0.1) is 0 Å². The fourth-order valence-electron chi connectivity index (χ4n) is 1.87. The molecule has 2 rings (SSSR count). The van der Waals surface area contributed by atoms with Crippen LogP contribution in [0.5, 0.6) is 0 Å². The van der Waals surface area contributed by atoms with Crippen molar-refractivity contribution in [1.29, 1.82) is 5.26 Å². The van der Waals surface area contributed by atoms with E-state index in [1.54, 1.807) is 18.2 Å². The standard InChI is InChI=1S/C17H15FN2/c1-20(2)17-8-6-13(7-9-17)10-15(12-19)14-4-3-5-16(18)11-14/h3-11H,1-2H3/b15-10+. The lowest BCUT2D eigenvalue weighted by Gasteiger charge is -2.11. The molecule has 0 aromatic heterocycles. The van der Waals surface area contributed by atoms with E-state index in [2.05, 4.69) is 6.07 Å². The van der Waals surface area contributed by atoms with Gasteiger partial charge in [0, 0.05) is 19.8 Å². The fraction of sp³-hybridized carbons (Fsp3) is 0.118. The molecule has 2 aromatic rings. The highest BCUT2D eigenvalue weighted by atomic mass is 19.1. The maximum atomic E-state index is 13.2. The van der Waals surface area contributed by atoms with Gasteiger partial charge in [0.15, 0.2) is 0 Å². The highest BCUT2D eigenvalue weighted by Crippen LogP contribution is 2.20. The lowest BCUT2D eigenvalue weighted by Crippen LogP contribution is -2.07. The minimum absolute atomic E-state index is 0.341. The molecule has 0 N–H and O–H groups in total. The Kier molecular flexibility index (Phi) is 4.17. The molecular weight excluding hydrogens is 251 g/mol. The molecule has 0 unspecified atom stereocenters. The SMILES string of the molecule is CN(C)c1ccc(/C=C(\C#N)c2cccc(F)c2)cc1. The minimum Gasteiger partial charge on any atom is -0.378 e. The van der Waals surface area contributed by atoms with E-state index in [4.69, 9.17) is 0 Å². The number of nitriles is 1. The molecule has 0 saturated carbocycles. The Morgan fingerprint density at radius 2 is 1.85 bits per heavy atom. The third-order valence-electron chi connectivity index (χ3n) is 2.98. The molecule has 20 heavy (non-hydrogen) atoms. The van der Waals surface area contributed by atoms with Crippen LogP contribution in [0.3, 0.4) is 0 Å². The molecule has 100 valence electrons. The van der Waals surface area contributed by atoms with Crippen LogP contribution in [0.25, 0.3) is 11.6 Å². The maximum absolute atomic E-state index is 13.2. The van der Waals surface area contributed by atoms with Gasteiger partial charge in [-0.1, -0.05) is 24.3 Å². The number of hydrogen-bond donors (Lipinski definition) is 0. The number of anilines is 1. The van der Waals surface area contributed by atoms with Crippen molar-refractivity contribution in [2.24, 2.45) is 0 Å². The Morgan fingerprint density at radius 1 is 1.15 bits per heavy atom. The number of rotatable bonds is 3. The van der Waals surface area contributed by atoms with Crippen LogP contribution in [-0.4, -0.2) is 14.1 Å². The third kappa shape index (κ3) is 3.24. The summed E-state index contributed by atoms with van der Waals surface area (Å²) in [5, 5.41) is 9.23. The molecule has 0 saturated heterocycles. The number of allylic oxidation sites excluding steroid dienone is 1. The molecule has 0 aliphatic rings. The van der Waals surface area contributed by atoms with E-state index < -0.39 is 0 Å². The predicted molar refractivity (Wildman–Crippen MR) is 80.7 cm³/mol. The van der Waals surface area contributed by atoms with Crippen molar-refractivity contribution in [1.82, 2.24) is 0 Å². The summed E-state index contributed by atoms with van der Waals surface area (Å²) < 4.78 is 13.2. The fourth-order valence-corrected chi connectivity index (χ4v) is 1.87. The van der Waals surface area contributed by atoms with Gasteiger partial charge in [0.1, 0.15) is 5.82 Å². The second-order valence-electron chi connectivity index (χ2n) is 4.67. The molecule has 0 atom stereocenters. The van der Waals surface area contributed by atoms with E-state index in [0.29, 0.717) is 11.1 Å². The van der Waals surface area contributed by atoms with Crippen LogP contribution >= 0.6 is 0 Å². The summed E-state index contributed by atoms with van der Waals surface area (Å²) in [6, 6.07) is 16.0. The first-order valence-electron chi connectivity index (χ1n) is 6.25. The van der Waals surface area contributed by atoms with Gasteiger partial charge < -0.3 is 4.90 Å². The smallest absolute Gasteiger partial charge is 0.123 e. The number of benzene rings is 2. The van der Waals surface area contributed by atoms with Gasteiger partial charge in [-0.05, 0) is 41.5 Å². The summed E-state index contributed by atoms with van der Waals surface area (Å²) in [4.78, 5) is 2.01. The molecule has 0 fully saturated rings. The summed E-state index contributed by atoms with van der Waals surface area (Å²) in [7, 11) is 3.94. The second kappa shape index (κ2) is 6.03. The van der Waals surface area contributed by atoms with Crippen molar-refractivity contribution < 1.29 is 4.39 Å². The zero-order chi connectivity index (χ0) is 14.5. The topological polar surface area (TPSA) is 27.0 Å². The van der Waals surface area contributed by atoms with Crippen molar-refractivity contribution >= 4 is 17.3 Å². The van der Waals surface area contributed by atoms with Gasteiger partial charge in [0.2, 0.25) is 0 Å². The van der Waals surface area contributed by atoms with Crippen molar-refractivity contribution in [3.8, 4) is 6.07 Å². The zero-order valence-electron chi connectivity index (χ0n) is 11.5. The molecule has 2 nitrogen and oxygen atoms in total. The van der Waals surface area contributed by atoms with E-state index in [1.807, 2.05) is 43.3 Å². The van der Waals surface area contributed by atoms with Gasteiger partial charge in [-0.2, -0.15) is 5.26 Å². The van der Waals surface area contributed by atoms with Crippen LogP contribution in [0.4, 0.5) is 10.1 Å². The zero-order valence-corrected chi connectivity index (χ0v) is 11.5. The maximum Gasteiger partial charge on any atom is 0.123 e. The van der Waals surface area contributed by atoms with Crippen LogP contribution in [0.2, 0.25) is 0 Å². The van der Waals surface area contributed by atoms with Gasteiger partial charge in [-0.3, -0.25) is 0 Å². The van der Waals surface area contributed by atoms with E-state index in [-0.39, 0.29) is 5.82 Å². The Morgan fingerprint density at radius 3 is 2.40 bits per heavy atom. The van der Waals surface area contributed by atoms with Crippen molar-refractivity contribution in [2.75, 3.05) is 19.0 Å². The monoisotopic (exact) mass is 266 g/mol. The minimum atomic E-state index is -0.341. The Labute approximate surface area is 118 Å². The molecule has 0 radical (unpaired) electrons. The molecule has 2 aromatic carbocycles. The van der Waals surface area contributed by atoms with Crippen LogP contribution in [0, 0.1) is 17.1 Å². The number of nitrogens with zero attached hydrogens (tertiary/aromatic N) is 2. The van der Waals surface area contributed by atoms with E-state index in [9.17, 15) is 9.65 Å². The van der Waals surface area contributed by atoms with Gasteiger partial charge in [-0.25, -0.2) is 4.39 Å². The number of hydrogen-bond acceptors (Lipinski definition) is 2. The average Bonchev–Trinajstić information content (AvgIpc) is 2.45. The average molecular weight is 266 g/mol. The summed E-state index contributed by atoms with van der Waals surface area (Å²) in [6.45, 7) is 0. The first-order chi connectivity index (χ1) is 9.60. The summed E-state index contributed by atoms with van der Waals surface area (Å²) in [6.07, 6.45) is 1.76. The van der Waals surface area contributed by atoms with Crippen LogP contribution < -0.4 is 4.90 Å². The molecule has 0 heterocycles. The molecule has 0 aliphatic heterocycles. The highest BCUT2D eigenvalue weighted by Gasteiger charge is 2.02. The van der Waals surface area contributed by atoms with Crippen molar-refractivity contribution in [3.05, 3.63) is 65.5 Å². The summed E-state index contributed by atoms with van der Waals surface area (Å²) in [5.41, 5.74) is 3.04. The summed E-state index contributed by atoms with van der Waals surface area (Å²) in [5.74, 6) is -0.341. The van der Waals surface area contributed by atoms with Gasteiger partial charge >= 0.3 is 0 Å². The third-order valence-corrected chi connectivity index (χ3v) is 2.98.